The number of nitrogens with zero attached hydrogens (tertiary/aromatic N) is 1. The smallest absolute Gasteiger partial charge is 0.316 e. The van der Waals surface area contributed by atoms with Gasteiger partial charge in [0.25, 0.3) is 0 Å². The van der Waals surface area contributed by atoms with Gasteiger partial charge in [0.15, 0.2) is 0 Å². The molecule has 3 nitrogen and oxygen atoms in total. The predicted molar refractivity (Wildman–Crippen MR) is 62.8 cm³/mol. The van der Waals surface area contributed by atoms with Crippen LogP contribution in [0, 0.1) is 16.7 Å². The van der Waals surface area contributed by atoms with Crippen molar-refractivity contribution < 1.29 is 9.90 Å². The summed E-state index contributed by atoms with van der Waals surface area (Å²) in [5, 5.41) is 17.3. The van der Waals surface area contributed by atoms with Gasteiger partial charge in [-0.1, -0.05) is 6.92 Å². The molecular formula is C11H19NO2S. The highest BCUT2D eigenvalue weighted by atomic mass is 32.2. The van der Waals surface area contributed by atoms with E-state index in [1.54, 1.807) is 0 Å². The van der Waals surface area contributed by atoms with Crippen LogP contribution in [0.15, 0.2) is 0 Å². The zero-order chi connectivity index (χ0) is 11.9. The fourth-order valence-corrected chi connectivity index (χ4v) is 2.13. The molecule has 0 radical (unpaired) electrons. The van der Waals surface area contributed by atoms with Gasteiger partial charge in [-0.3, -0.25) is 4.79 Å². The summed E-state index contributed by atoms with van der Waals surface area (Å²) in [7, 11) is 0. The van der Waals surface area contributed by atoms with Gasteiger partial charge in [0.1, 0.15) is 5.25 Å². The third-order valence-corrected chi connectivity index (χ3v) is 3.68. The van der Waals surface area contributed by atoms with Crippen molar-refractivity contribution >= 4 is 17.7 Å². The maximum atomic E-state index is 10.7. The van der Waals surface area contributed by atoms with Crippen LogP contribution in [0.2, 0.25) is 0 Å². The van der Waals surface area contributed by atoms with Crippen molar-refractivity contribution in [1.82, 2.24) is 0 Å². The third-order valence-electron chi connectivity index (χ3n) is 2.21. The molecule has 0 aliphatic carbocycles. The van der Waals surface area contributed by atoms with Gasteiger partial charge in [-0.15, -0.1) is 11.8 Å². The van der Waals surface area contributed by atoms with E-state index in [9.17, 15) is 4.79 Å². The van der Waals surface area contributed by atoms with Crippen molar-refractivity contribution in [3.63, 3.8) is 0 Å². The van der Waals surface area contributed by atoms with Gasteiger partial charge in [0.2, 0.25) is 0 Å². The zero-order valence-electron chi connectivity index (χ0n) is 9.62. The third kappa shape index (κ3) is 6.40. The van der Waals surface area contributed by atoms with Crippen LogP contribution in [-0.4, -0.2) is 22.1 Å². The highest BCUT2D eigenvalue weighted by Gasteiger charge is 2.18. The number of nitriles is 1. The summed E-state index contributed by atoms with van der Waals surface area (Å²) in [6, 6.07) is 2.24. The number of aliphatic carboxylic acids is 1. The van der Waals surface area contributed by atoms with E-state index in [4.69, 9.17) is 10.4 Å². The van der Waals surface area contributed by atoms with Crippen LogP contribution in [0.5, 0.6) is 0 Å². The number of carboxylic acid groups (broad SMARTS) is 1. The van der Waals surface area contributed by atoms with E-state index >= 15 is 0 Å². The zero-order valence-corrected chi connectivity index (χ0v) is 10.4. The second-order valence-corrected chi connectivity index (χ2v) is 5.52. The molecule has 1 unspecified atom stereocenters. The highest BCUT2D eigenvalue weighted by Crippen LogP contribution is 2.24. The van der Waals surface area contributed by atoms with Gasteiger partial charge in [0, 0.05) is 0 Å². The maximum absolute atomic E-state index is 10.7. The molecule has 15 heavy (non-hydrogen) atoms. The molecule has 0 saturated heterocycles. The van der Waals surface area contributed by atoms with Gasteiger partial charge in [-0.25, -0.2) is 0 Å². The van der Waals surface area contributed by atoms with E-state index in [2.05, 4.69) is 6.07 Å². The molecule has 0 bridgehead atoms. The van der Waals surface area contributed by atoms with Crippen LogP contribution < -0.4 is 0 Å². The molecular weight excluding hydrogens is 210 g/mol. The lowest BCUT2D eigenvalue weighted by Gasteiger charge is -2.15. The molecule has 4 heteroatoms. The fourth-order valence-electron chi connectivity index (χ4n) is 1.16. The van der Waals surface area contributed by atoms with E-state index in [1.165, 1.54) is 11.8 Å². The lowest BCUT2D eigenvalue weighted by atomic mass is 9.90. The summed E-state index contributed by atoms with van der Waals surface area (Å²) in [6.45, 7) is 5.70. The highest BCUT2D eigenvalue weighted by molar-refractivity contribution is 8.00. The summed E-state index contributed by atoms with van der Waals surface area (Å²) < 4.78 is 0. The molecule has 0 aromatic heterocycles. The molecule has 0 amide bonds. The molecule has 1 atom stereocenters. The van der Waals surface area contributed by atoms with Crippen molar-refractivity contribution in [1.29, 1.82) is 5.26 Å². The minimum Gasteiger partial charge on any atom is -0.480 e. The van der Waals surface area contributed by atoms with Crippen molar-refractivity contribution in [2.75, 3.05) is 5.75 Å². The molecule has 0 aromatic rings. The number of hydrogen-bond donors (Lipinski definition) is 1. The summed E-state index contributed by atoms with van der Waals surface area (Å²) in [5.74, 6) is 0.0812. The van der Waals surface area contributed by atoms with Crippen LogP contribution in [0.4, 0.5) is 0 Å². The van der Waals surface area contributed by atoms with Crippen LogP contribution in [-0.2, 0) is 4.79 Å². The molecule has 0 heterocycles. The first-order chi connectivity index (χ1) is 6.93. The fraction of sp³-hybridized carbons (Fsp3) is 0.818. The Bertz CT molecular complexity index is 245. The van der Waals surface area contributed by atoms with Crippen molar-refractivity contribution in [2.45, 2.75) is 45.3 Å². The number of carboxylic acids is 1. The topological polar surface area (TPSA) is 61.1 Å². The minimum absolute atomic E-state index is 0.286. The number of thioether (sulfide) groups is 1. The number of rotatable bonds is 7. The van der Waals surface area contributed by atoms with E-state index in [1.807, 2.05) is 20.8 Å². The molecule has 0 aliphatic heterocycles. The quantitative estimate of drug-likeness (QED) is 0.682. The largest absolute Gasteiger partial charge is 0.480 e. The molecule has 0 spiro atoms. The first-order valence-electron chi connectivity index (χ1n) is 5.18. The summed E-state index contributed by atoms with van der Waals surface area (Å²) >= 11 is 1.47. The Morgan fingerprint density at radius 3 is 2.60 bits per heavy atom. The van der Waals surface area contributed by atoms with Gasteiger partial charge >= 0.3 is 5.97 Å². The lowest BCUT2D eigenvalue weighted by molar-refractivity contribution is -0.136. The first kappa shape index (κ1) is 14.3. The summed E-state index contributed by atoms with van der Waals surface area (Å²) in [4.78, 5) is 10.7. The first-order valence-corrected chi connectivity index (χ1v) is 6.23. The van der Waals surface area contributed by atoms with E-state index in [0.717, 1.165) is 18.6 Å². The lowest BCUT2D eigenvalue weighted by Crippen LogP contribution is -2.16. The summed E-state index contributed by atoms with van der Waals surface area (Å²) in [5.41, 5.74) is -0.286. The van der Waals surface area contributed by atoms with Crippen LogP contribution in [0.1, 0.15) is 40.0 Å². The van der Waals surface area contributed by atoms with E-state index in [-0.39, 0.29) is 10.7 Å². The van der Waals surface area contributed by atoms with Gasteiger partial charge in [-0.05, 0) is 38.9 Å². The number of carbonyl (C=O) groups is 1. The SMILES string of the molecule is CCC(SCCCC(C)(C)C#N)C(=O)O. The van der Waals surface area contributed by atoms with Crippen molar-refractivity contribution in [2.24, 2.45) is 5.41 Å². The normalized spacial score (nSPS) is 13.2. The summed E-state index contributed by atoms with van der Waals surface area (Å²) in [6.07, 6.45) is 2.38. The van der Waals surface area contributed by atoms with E-state index in [0.29, 0.717) is 6.42 Å². The molecule has 0 rings (SSSR count). The van der Waals surface area contributed by atoms with Gasteiger partial charge < -0.3 is 5.11 Å². The average molecular weight is 229 g/mol. The number of hydrogen-bond acceptors (Lipinski definition) is 3. The van der Waals surface area contributed by atoms with Crippen LogP contribution in [0.3, 0.4) is 0 Å². The monoisotopic (exact) mass is 229 g/mol. The molecule has 0 aliphatic rings. The Balaban J connectivity index is 3.72. The maximum Gasteiger partial charge on any atom is 0.316 e. The van der Waals surface area contributed by atoms with Crippen molar-refractivity contribution in [3.05, 3.63) is 0 Å². The van der Waals surface area contributed by atoms with Crippen molar-refractivity contribution in [3.8, 4) is 6.07 Å². The standard InChI is InChI=1S/C11H19NO2S/c1-4-9(10(13)14)15-7-5-6-11(2,3)8-12/h9H,4-7H2,1-3H3,(H,13,14). The van der Waals surface area contributed by atoms with Crippen LogP contribution in [0.25, 0.3) is 0 Å². The van der Waals surface area contributed by atoms with Crippen LogP contribution >= 0.6 is 11.8 Å². The Labute approximate surface area is 95.9 Å². The minimum atomic E-state index is -0.734. The predicted octanol–water partition coefficient (Wildman–Crippen LogP) is 2.91. The molecule has 0 aromatic carbocycles. The molecule has 0 fully saturated rings. The Morgan fingerprint density at radius 2 is 2.20 bits per heavy atom. The molecule has 1 N–H and O–H groups in total. The Morgan fingerprint density at radius 1 is 1.60 bits per heavy atom. The molecule has 86 valence electrons. The second kappa shape index (κ2) is 6.73. The van der Waals surface area contributed by atoms with Gasteiger partial charge in [0.05, 0.1) is 11.5 Å². The average Bonchev–Trinajstić information content (AvgIpc) is 2.17. The Hall–Kier alpha value is -0.690. The van der Waals surface area contributed by atoms with E-state index < -0.39 is 5.97 Å². The molecule has 0 saturated carbocycles. The van der Waals surface area contributed by atoms with Gasteiger partial charge in [-0.2, -0.15) is 5.26 Å². The second-order valence-electron chi connectivity index (χ2n) is 4.21. The Kier molecular flexibility index (Phi) is 6.42.